The number of aromatic hydroxyl groups is 1. The van der Waals surface area contributed by atoms with E-state index in [4.69, 9.17) is 10.3 Å². The third-order valence-electron chi connectivity index (χ3n) is 6.42. The summed E-state index contributed by atoms with van der Waals surface area (Å²) < 4.78 is 188. The molecular weight excluding hydrogens is 813 g/mol. The minimum Gasteiger partial charge on any atom is -0.505 e. The monoisotopic (exact) mass is 831 g/mol. The summed E-state index contributed by atoms with van der Waals surface area (Å²) in [6.07, 6.45) is 0. The molecular formula is C24H19F2N5O16S5. The van der Waals surface area contributed by atoms with E-state index in [9.17, 15) is 69.6 Å². The molecule has 7 N–H and O–H groups in total. The average Bonchev–Trinajstić information content (AvgIpc) is 2.97. The van der Waals surface area contributed by atoms with Gasteiger partial charge in [-0.15, -0.1) is 15.3 Å². The summed E-state index contributed by atoms with van der Waals surface area (Å²) in [5.74, 6) is -5.53. The van der Waals surface area contributed by atoms with Crippen molar-refractivity contribution in [2.75, 3.05) is 18.1 Å². The Morgan fingerprint density at radius 3 is 1.75 bits per heavy atom. The maximum atomic E-state index is 14.2. The van der Waals surface area contributed by atoms with E-state index in [1.165, 1.54) is 0 Å². The molecule has 0 fully saturated rings. The molecule has 0 aliphatic heterocycles. The Bertz CT molecular complexity index is 2760. The highest BCUT2D eigenvalue weighted by Gasteiger charge is 2.29. The van der Waals surface area contributed by atoms with Gasteiger partial charge in [0, 0.05) is 12.1 Å². The number of nitrogens with zero attached hydrogens (tertiary/aromatic N) is 4. The van der Waals surface area contributed by atoms with E-state index in [2.05, 4.69) is 24.6 Å². The molecule has 0 bridgehead atoms. The number of benzene rings is 4. The van der Waals surface area contributed by atoms with Crippen molar-refractivity contribution >= 4 is 89.8 Å². The lowest BCUT2D eigenvalue weighted by molar-refractivity contribution is 0.284. The van der Waals surface area contributed by atoms with Crippen molar-refractivity contribution < 1.29 is 78.4 Å². The van der Waals surface area contributed by atoms with Crippen molar-refractivity contribution in [2.45, 2.75) is 19.6 Å². The summed E-state index contributed by atoms with van der Waals surface area (Å²) in [4.78, 5) is -4.52. The lowest BCUT2D eigenvalue weighted by atomic mass is 10.1. The van der Waals surface area contributed by atoms with Gasteiger partial charge < -0.3 is 10.8 Å². The molecule has 0 atom stereocenters. The van der Waals surface area contributed by atoms with E-state index in [0.717, 1.165) is 24.3 Å². The Morgan fingerprint density at radius 1 is 0.692 bits per heavy atom. The average molecular weight is 832 g/mol. The van der Waals surface area contributed by atoms with Crippen molar-refractivity contribution in [1.82, 2.24) is 0 Å². The van der Waals surface area contributed by atoms with E-state index >= 15 is 0 Å². The van der Waals surface area contributed by atoms with Gasteiger partial charge >= 0.3 is 10.4 Å². The number of phenols is 1. The van der Waals surface area contributed by atoms with Crippen LogP contribution in [0.15, 0.2) is 88.6 Å². The summed E-state index contributed by atoms with van der Waals surface area (Å²) in [5.41, 5.74) is 1.53. The molecule has 0 amide bonds. The van der Waals surface area contributed by atoms with Crippen LogP contribution in [-0.4, -0.2) is 77.8 Å². The van der Waals surface area contributed by atoms with Crippen LogP contribution in [-0.2, 0) is 54.8 Å². The van der Waals surface area contributed by atoms with Gasteiger partial charge in [-0.3, -0.25) is 18.2 Å². The molecule has 0 aliphatic carbocycles. The molecule has 280 valence electrons. The van der Waals surface area contributed by atoms with Gasteiger partial charge in [0.2, 0.25) is 0 Å². The summed E-state index contributed by atoms with van der Waals surface area (Å²) in [6, 6.07) is 5.24. The Balaban J connectivity index is 1.90. The number of azo groups is 2. The molecule has 0 radical (unpaired) electrons. The van der Waals surface area contributed by atoms with Crippen molar-refractivity contribution in [3.8, 4) is 5.75 Å². The van der Waals surface area contributed by atoms with Gasteiger partial charge in [0.05, 0.1) is 34.0 Å². The number of fused-ring (bicyclic) bond motifs is 1. The fourth-order valence-electron chi connectivity index (χ4n) is 4.28. The lowest BCUT2D eigenvalue weighted by Crippen LogP contribution is -2.15. The predicted molar refractivity (Wildman–Crippen MR) is 170 cm³/mol. The summed E-state index contributed by atoms with van der Waals surface area (Å²) >= 11 is 0. The first-order chi connectivity index (χ1) is 23.7. The van der Waals surface area contributed by atoms with Gasteiger partial charge in [-0.05, 0) is 41.8 Å². The number of halogens is 2. The van der Waals surface area contributed by atoms with Gasteiger partial charge in [-0.1, -0.05) is 0 Å². The molecule has 21 nitrogen and oxygen atoms in total. The lowest BCUT2D eigenvalue weighted by Gasteiger charge is -2.14. The summed E-state index contributed by atoms with van der Waals surface area (Å²) in [7, 11) is -25.3. The Kier molecular flexibility index (Phi) is 10.8. The number of rotatable bonds is 12. The maximum absolute atomic E-state index is 14.2. The van der Waals surface area contributed by atoms with Crippen LogP contribution in [0.4, 0.5) is 37.2 Å². The second-order valence-corrected chi connectivity index (χ2v) is 17.3. The molecule has 52 heavy (non-hydrogen) atoms. The van der Waals surface area contributed by atoms with Gasteiger partial charge in [0.1, 0.15) is 38.5 Å². The highest BCUT2D eigenvalue weighted by atomic mass is 32.3. The second kappa shape index (κ2) is 14.1. The predicted octanol–water partition coefficient (Wildman–Crippen LogP) is 3.57. The SMILES string of the molecule is Nc1c(N=Nc2ccc(S(=O)(=O)CCOS(=O)(=O)O)cc2)c(S(=O)(=O)O)cc2cc(S(=O)(=O)O)c(N=Nc3cc(F)cc(F)c3S(=O)(=O)O)c(O)c12. The van der Waals surface area contributed by atoms with Crippen LogP contribution in [0.3, 0.4) is 0 Å². The number of phenolic OH excluding ortho intramolecular Hbond substituents is 1. The molecule has 0 aromatic heterocycles. The fraction of sp³-hybridized carbons (Fsp3) is 0.0833. The Labute approximate surface area is 291 Å². The molecule has 0 aliphatic rings. The van der Waals surface area contributed by atoms with E-state index < -0.39 is 129 Å². The van der Waals surface area contributed by atoms with E-state index in [1.807, 2.05) is 0 Å². The van der Waals surface area contributed by atoms with Crippen LogP contribution in [0.1, 0.15) is 0 Å². The first-order valence-electron chi connectivity index (χ1n) is 13.0. The van der Waals surface area contributed by atoms with Crippen LogP contribution in [0.5, 0.6) is 5.75 Å². The molecule has 0 unspecified atom stereocenters. The maximum Gasteiger partial charge on any atom is 0.397 e. The number of hydrogen-bond acceptors (Lipinski definition) is 17. The summed E-state index contributed by atoms with van der Waals surface area (Å²) in [6.45, 7) is -0.932. The van der Waals surface area contributed by atoms with E-state index in [-0.39, 0.29) is 22.7 Å². The van der Waals surface area contributed by atoms with E-state index in [0.29, 0.717) is 12.1 Å². The third kappa shape index (κ3) is 9.04. The second-order valence-electron chi connectivity index (χ2n) is 9.93. The highest BCUT2D eigenvalue weighted by Crippen LogP contribution is 2.48. The van der Waals surface area contributed by atoms with Crippen molar-refractivity contribution in [2.24, 2.45) is 20.5 Å². The van der Waals surface area contributed by atoms with Crippen LogP contribution in [0.25, 0.3) is 10.8 Å². The van der Waals surface area contributed by atoms with Crippen molar-refractivity contribution in [3.63, 3.8) is 0 Å². The first-order valence-corrected chi connectivity index (χ1v) is 20.4. The molecule has 0 saturated carbocycles. The van der Waals surface area contributed by atoms with E-state index in [1.54, 1.807) is 0 Å². The van der Waals surface area contributed by atoms with Crippen molar-refractivity contribution in [1.29, 1.82) is 0 Å². The standard InChI is InChI=1S/C24H19F2N5O16S5/c25-12-9-15(26)24(51(41,42)43)16(10-12)29-31-22-18(50(38,39)40)8-11-7-17(49(35,36)37)21(20(27)19(11)23(22)32)30-28-13-1-3-14(4-2-13)48(33,34)6-5-47-52(44,45)46/h1-4,7-10,32H,5-6,27H2,(H,35,36,37)(H,38,39,40)(H,41,42,43)(H,44,45,46). The number of nitrogen functional groups attached to an aromatic ring is 1. The molecule has 0 heterocycles. The van der Waals surface area contributed by atoms with Crippen LogP contribution < -0.4 is 5.73 Å². The minimum absolute atomic E-state index is 0.0473. The molecule has 0 spiro atoms. The Morgan fingerprint density at radius 2 is 1.23 bits per heavy atom. The summed E-state index contributed by atoms with van der Waals surface area (Å²) in [5, 5.41) is 23.6. The van der Waals surface area contributed by atoms with Crippen LogP contribution >= 0.6 is 0 Å². The highest BCUT2D eigenvalue weighted by molar-refractivity contribution is 7.91. The number of nitrogens with two attached hydrogens (primary N) is 1. The molecule has 0 saturated heterocycles. The van der Waals surface area contributed by atoms with Gasteiger partial charge in [0.25, 0.3) is 30.4 Å². The zero-order chi connectivity index (χ0) is 39.2. The van der Waals surface area contributed by atoms with Crippen LogP contribution in [0, 0.1) is 11.6 Å². The topological polar surface area (TPSA) is 357 Å². The van der Waals surface area contributed by atoms with Gasteiger partial charge in [-0.2, -0.15) is 38.8 Å². The van der Waals surface area contributed by atoms with Crippen LogP contribution in [0.2, 0.25) is 0 Å². The van der Waals surface area contributed by atoms with Gasteiger partial charge in [0.15, 0.2) is 20.5 Å². The quantitative estimate of drug-likeness (QED) is 0.0675. The normalized spacial score (nSPS) is 13.4. The zero-order valence-electron chi connectivity index (χ0n) is 24.9. The molecule has 4 aromatic carbocycles. The largest absolute Gasteiger partial charge is 0.505 e. The fourth-order valence-corrected chi connectivity index (χ4v) is 7.77. The number of hydrogen-bond donors (Lipinski definition) is 6. The molecule has 4 rings (SSSR count). The molecule has 28 heteroatoms. The molecule has 4 aromatic rings. The zero-order valence-corrected chi connectivity index (χ0v) is 29.0. The first kappa shape index (κ1) is 40.1. The third-order valence-corrected chi connectivity index (χ3v) is 11.2. The van der Waals surface area contributed by atoms with Gasteiger partial charge in [-0.25, -0.2) is 21.4 Å². The number of sulfone groups is 1. The Hall–Kier alpha value is -4.65. The smallest absolute Gasteiger partial charge is 0.397 e. The van der Waals surface area contributed by atoms with Crippen molar-refractivity contribution in [3.05, 3.63) is 60.2 Å². The minimum atomic E-state index is -5.46. The number of anilines is 1.